The van der Waals surface area contributed by atoms with E-state index in [0.717, 1.165) is 44.1 Å². The Hall–Kier alpha value is -1.88. The summed E-state index contributed by atoms with van der Waals surface area (Å²) in [5, 5.41) is 0. The van der Waals surface area contributed by atoms with Gasteiger partial charge in [0.15, 0.2) is 11.5 Å². The van der Waals surface area contributed by atoms with Crippen molar-refractivity contribution in [2.24, 2.45) is 0 Å². The van der Waals surface area contributed by atoms with Gasteiger partial charge in [0.1, 0.15) is 6.61 Å². The van der Waals surface area contributed by atoms with Gasteiger partial charge in [0, 0.05) is 6.20 Å². The molecule has 1 saturated carbocycles. The molecule has 1 fully saturated rings. The highest BCUT2D eigenvalue weighted by molar-refractivity contribution is 5.42. The highest BCUT2D eigenvalue weighted by atomic mass is 16.5. The van der Waals surface area contributed by atoms with Crippen molar-refractivity contribution in [1.82, 2.24) is 4.90 Å². The minimum atomic E-state index is 0.302. The van der Waals surface area contributed by atoms with Gasteiger partial charge in [0.2, 0.25) is 0 Å². The Labute approximate surface area is 150 Å². The van der Waals surface area contributed by atoms with Crippen molar-refractivity contribution < 1.29 is 18.9 Å². The molecule has 2 atom stereocenters. The van der Waals surface area contributed by atoms with Crippen LogP contribution < -0.4 is 9.47 Å². The first-order valence-corrected chi connectivity index (χ1v) is 9.18. The maximum Gasteiger partial charge on any atom is 0.160 e. The fraction of sp³-hybridized carbons (Fsp3) is 0.600. The molecule has 5 heteroatoms. The van der Waals surface area contributed by atoms with Crippen LogP contribution in [0.3, 0.4) is 0 Å². The molecule has 0 amide bonds. The Morgan fingerprint density at radius 3 is 2.72 bits per heavy atom. The standard InChI is InChI=1S/C20H29NO4/c1-22-19-8-7-16(15-20(19)23-2)9-12-25-18-6-4-3-5-17(18)21-10-13-24-14-11-21/h7-8,10,13,15,17-18H,3-6,9,11-12,14H2,1-2H3. The van der Waals surface area contributed by atoms with E-state index in [4.69, 9.17) is 18.9 Å². The van der Waals surface area contributed by atoms with Gasteiger partial charge in [-0.3, -0.25) is 0 Å². The first-order valence-electron chi connectivity index (χ1n) is 9.18. The van der Waals surface area contributed by atoms with Crippen LogP contribution in [0.25, 0.3) is 0 Å². The molecule has 0 aromatic heterocycles. The Kier molecular flexibility index (Phi) is 6.45. The van der Waals surface area contributed by atoms with Gasteiger partial charge in [0.25, 0.3) is 0 Å². The molecule has 1 aromatic carbocycles. The lowest BCUT2D eigenvalue weighted by Crippen LogP contribution is -2.46. The predicted molar refractivity (Wildman–Crippen MR) is 97.0 cm³/mol. The largest absolute Gasteiger partial charge is 0.498 e. The molecule has 2 unspecified atom stereocenters. The van der Waals surface area contributed by atoms with Crippen molar-refractivity contribution in [2.75, 3.05) is 34.0 Å². The van der Waals surface area contributed by atoms with Gasteiger partial charge >= 0.3 is 0 Å². The molecule has 1 aromatic rings. The van der Waals surface area contributed by atoms with Crippen molar-refractivity contribution in [3.63, 3.8) is 0 Å². The molecule has 25 heavy (non-hydrogen) atoms. The minimum absolute atomic E-state index is 0.302. The van der Waals surface area contributed by atoms with E-state index in [0.29, 0.717) is 12.1 Å². The first-order chi connectivity index (χ1) is 12.3. The summed E-state index contributed by atoms with van der Waals surface area (Å²) in [6.45, 7) is 2.45. The molecule has 1 aliphatic heterocycles. The fourth-order valence-electron chi connectivity index (χ4n) is 3.71. The van der Waals surface area contributed by atoms with Crippen LogP contribution >= 0.6 is 0 Å². The quantitative estimate of drug-likeness (QED) is 0.756. The van der Waals surface area contributed by atoms with Gasteiger partial charge in [-0.05, 0) is 37.0 Å². The average Bonchev–Trinajstić information content (AvgIpc) is 2.69. The van der Waals surface area contributed by atoms with E-state index < -0.39 is 0 Å². The number of ether oxygens (including phenoxy) is 4. The molecule has 0 bridgehead atoms. The summed E-state index contributed by atoms with van der Waals surface area (Å²) in [6.07, 6.45) is 9.94. The second-order valence-corrected chi connectivity index (χ2v) is 6.59. The van der Waals surface area contributed by atoms with Crippen LogP contribution in [0.15, 0.2) is 30.7 Å². The fourth-order valence-corrected chi connectivity index (χ4v) is 3.71. The number of rotatable bonds is 7. The molecule has 2 aliphatic rings. The molecule has 138 valence electrons. The summed E-state index contributed by atoms with van der Waals surface area (Å²) in [6, 6.07) is 6.54. The molecule has 3 rings (SSSR count). The third-order valence-corrected chi connectivity index (χ3v) is 5.08. The summed E-state index contributed by atoms with van der Waals surface area (Å²) >= 11 is 0. The van der Waals surface area contributed by atoms with Crippen LogP contribution in [0.4, 0.5) is 0 Å². The maximum atomic E-state index is 6.29. The van der Waals surface area contributed by atoms with Crippen molar-refractivity contribution in [3.8, 4) is 11.5 Å². The molecular formula is C20H29NO4. The monoisotopic (exact) mass is 347 g/mol. The smallest absolute Gasteiger partial charge is 0.160 e. The van der Waals surface area contributed by atoms with Crippen molar-refractivity contribution in [3.05, 3.63) is 36.2 Å². The molecule has 0 saturated heterocycles. The SMILES string of the molecule is COc1ccc(CCOC2CCCCC2N2C=COCC2)cc1OC. The van der Waals surface area contributed by atoms with E-state index in [9.17, 15) is 0 Å². The Morgan fingerprint density at radius 1 is 1.12 bits per heavy atom. The summed E-state index contributed by atoms with van der Waals surface area (Å²) in [5.74, 6) is 1.53. The minimum Gasteiger partial charge on any atom is -0.498 e. The molecular weight excluding hydrogens is 318 g/mol. The molecule has 5 nitrogen and oxygen atoms in total. The topological polar surface area (TPSA) is 40.2 Å². The van der Waals surface area contributed by atoms with Gasteiger partial charge in [-0.25, -0.2) is 0 Å². The van der Waals surface area contributed by atoms with Gasteiger partial charge in [-0.1, -0.05) is 18.9 Å². The third-order valence-electron chi connectivity index (χ3n) is 5.08. The number of nitrogens with zero attached hydrogens (tertiary/aromatic N) is 1. The molecule has 0 spiro atoms. The first kappa shape index (κ1) is 17.9. The van der Waals surface area contributed by atoms with Crippen molar-refractivity contribution >= 4 is 0 Å². The zero-order valence-electron chi connectivity index (χ0n) is 15.3. The summed E-state index contributed by atoms with van der Waals surface area (Å²) in [4.78, 5) is 2.39. The lowest BCUT2D eigenvalue weighted by molar-refractivity contribution is -0.0300. The Bertz CT molecular complexity index is 575. The van der Waals surface area contributed by atoms with Crippen molar-refractivity contribution in [2.45, 2.75) is 44.2 Å². The van der Waals surface area contributed by atoms with E-state index in [1.54, 1.807) is 20.5 Å². The summed E-state index contributed by atoms with van der Waals surface area (Å²) < 4.78 is 22.3. The van der Waals surface area contributed by atoms with Crippen LogP contribution in [0, 0.1) is 0 Å². The van der Waals surface area contributed by atoms with E-state index in [2.05, 4.69) is 17.2 Å². The highest BCUT2D eigenvalue weighted by Gasteiger charge is 2.30. The average molecular weight is 347 g/mol. The van der Waals surface area contributed by atoms with Gasteiger partial charge in [-0.15, -0.1) is 0 Å². The lowest BCUT2D eigenvalue weighted by Gasteiger charge is -2.40. The highest BCUT2D eigenvalue weighted by Crippen LogP contribution is 2.29. The van der Waals surface area contributed by atoms with Crippen molar-refractivity contribution in [1.29, 1.82) is 0 Å². The molecule has 1 aliphatic carbocycles. The second kappa shape index (κ2) is 8.99. The molecule has 0 radical (unpaired) electrons. The normalized spacial score (nSPS) is 23.2. The summed E-state index contributed by atoms with van der Waals surface area (Å²) in [5.41, 5.74) is 1.20. The zero-order chi connectivity index (χ0) is 17.5. The number of hydrogen-bond donors (Lipinski definition) is 0. The van der Waals surface area contributed by atoms with E-state index in [1.807, 2.05) is 12.1 Å². The third kappa shape index (κ3) is 4.60. The van der Waals surface area contributed by atoms with Crippen LogP contribution in [-0.4, -0.2) is 51.0 Å². The Balaban J connectivity index is 1.54. The van der Waals surface area contributed by atoms with Crippen LogP contribution in [0.2, 0.25) is 0 Å². The van der Waals surface area contributed by atoms with Gasteiger partial charge in [-0.2, -0.15) is 0 Å². The lowest BCUT2D eigenvalue weighted by atomic mass is 9.91. The zero-order valence-corrected chi connectivity index (χ0v) is 15.3. The molecule has 1 heterocycles. The maximum absolute atomic E-state index is 6.29. The van der Waals surface area contributed by atoms with Gasteiger partial charge < -0.3 is 23.8 Å². The van der Waals surface area contributed by atoms with Crippen LogP contribution in [0.1, 0.15) is 31.2 Å². The predicted octanol–water partition coefficient (Wildman–Crippen LogP) is 3.38. The molecule has 0 N–H and O–H groups in total. The summed E-state index contributed by atoms with van der Waals surface area (Å²) in [7, 11) is 3.32. The van der Waals surface area contributed by atoms with E-state index in [-0.39, 0.29) is 0 Å². The number of hydrogen-bond acceptors (Lipinski definition) is 5. The van der Waals surface area contributed by atoms with Crippen LogP contribution in [0.5, 0.6) is 11.5 Å². The number of benzene rings is 1. The van der Waals surface area contributed by atoms with Crippen LogP contribution in [-0.2, 0) is 15.9 Å². The second-order valence-electron chi connectivity index (χ2n) is 6.59. The Morgan fingerprint density at radius 2 is 1.96 bits per heavy atom. The van der Waals surface area contributed by atoms with E-state index in [1.165, 1.54) is 24.8 Å². The van der Waals surface area contributed by atoms with Gasteiger partial charge in [0.05, 0.1) is 45.8 Å². The van der Waals surface area contributed by atoms with E-state index >= 15 is 0 Å². The number of methoxy groups -OCH3 is 2.